The smallest absolute Gasteiger partial charge is 0.254 e. The molecule has 0 N–H and O–H groups in total. The van der Waals surface area contributed by atoms with Gasteiger partial charge in [-0.3, -0.25) is 4.79 Å². The molecule has 0 radical (unpaired) electrons. The number of anilines is 1. The van der Waals surface area contributed by atoms with Gasteiger partial charge in [-0.25, -0.2) is 4.98 Å². The van der Waals surface area contributed by atoms with E-state index in [0.717, 1.165) is 11.3 Å². The summed E-state index contributed by atoms with van der Waals surface area (Å²) in [6, 6.07) is 17.5. The number of fused-ring (bicyclic) bond motifs is 1. The van der Waals surface area contributed by atoms with Gasteiger partial charge in [0.1, 0.15) is 0 Å². The van der Waals surface area contributed by atoms with Gasteiger partial charge in [0.15, 0.2) is 0 Å². The van der Waals surface area contributed by atoms with Crippen LogP contribution in [0.15, 0.2) is 60.8 Å². The molecule has 0 aliphatic carbocycles. The Balaban J connectivity index is 1.34. The van der Waals surface area contributed by atoms with Crippen molar-refractivity contribution in [1.82, 2.24) is 24.5 Å². The number of hydrogen-bond acceptors (Lipinski definition) is 5. The molecule has 8 heteroatoms. The summed E-state index contributed by atoms with van der Waals surface area (Å²) in [5.41, 5.74) is 4.04. The Labute approximate surface area is 204 Å². The van der Waals surface area contributed by atoms with Crippen LogP contribution in [-0.4, -0.2) is 56.6 Å². The Morgan fingerprint density at radius 2 is 1.59 bits per heavy atom. The number of rotatable bonds is 3. The average Bonchev–Trinajstić information content (AvgIpc) is 3.28. The highest BCUT2D eigenvalue weighted by Gasteiger charge is 2.25. The second kappa shape index (κ2) is 8.72. The normalized spacial score (nSPS) is 14.6. The standard InChI is InChI=1S/C26H27ClN6O/c1-26(2,3)20-8-4-18(5-9-20)22-12-13-28-24-29-25(30-33(22)24)32-16-14-31(15-17-32)23(34)19-6-10-21(27)11-7-19/h4-13H,14-17H2,1-3H3. The Hall–Kier alpha value is -3.45. The number of carbonyl (C=O) groups is 1. The van der Waals surface area contributed by atoms with Gasteiger partial charge in [-0.05, 0) is 41.3 Å². The number of hydrogen-bond donors (Lipinski definition) is 0. The van der Waals surface area contributed by atoms with E-state index in [1.54, 1.807) is 35.0 Å². The monoisotopic (exact) mass is 474 g/mol. The summed E-state index contributed by atoms with van der Waals surface area (Å²) < 4.78 is 1.80. The molecule has 0 bridgehead atoms. The molecule has 7 nitrogen and oxygen atoms in total. The first-order valence-corrected chi connectivity index (χ1v) is 11.8. The third kappa shape index (κ3) is 4.35. The molecular formula is C26H27ClN6O. The molecule has 0 atom stereocenters. The lowest BCUT2D eigenvalue weighted by Gasteiger charge is -2.34. The van der Waals surface area contributed by atoms with Gasteiger partial charge in [-0.1, -0.05) is 56.6 Å². The first-order valence-electron chi connectivity index (χ1n) is 11.4. The molecule has 0 spiro atoms. The molecular weight excluding hydrogens is 448 g/mol. The number of aromatic nitrogens is 4. The van der Waals surface area contributed by atoms with Crippen LogP contribution in [0, 0.1) is 0 Å². The Bertz CT molecular complexity index is 1320. The van der Waals surface area contributed by atoms with Crippen LogP contribution in [0.25, 0.3) is 17.0 Å². The van der Waals surface area contributed by atoms with Crippen LogP contribution in [0.1, 0.15) is 36.7 Å². The van der Waals surface area contributed by atoms with E-state index in [-0.39, 0.29) is 11.3 Å². The van der Waals surface area contributed by atoms with Crippen molar-refractivity contribution < 1.29 is 4.79 Å². The van der Waals surface area contributed by atoms with Gasteiger partial charge in [0.25, 0.3) is 11.7 Å². The van der Waals surface area contributed by atoms with E-state index in [1.165, 1.54) is 5.56 Å². The van der Waals surface area contributed by atoms with Gasteiger partial charge in [0.2, 0.25) is 5.95 Å². The van der Waals surface area contributed by atoms with Crippen molar-refractivity contribution in [3.8, 4) is 11.3 Å². The largest absolute Gasteiger partial charge is 0.336 e. The molecule has 34 heavy (non-hydrogen) atoms. The summed E-state index contributed by atoms with van der Waals surface area (Å²) >= 11 is 5.94. The van der Waals surface area contributed by atoms with Gasteiger partial charge in [-0.2, -0.15) is 9.50 Å². The molecule has 0 unspecified atom stereocenters. The Morgan fingerprint density at radius 3 is 2.24 bits per heavy atom. The van der Waals surface area contributed by atoms with Gasteiger partial charge in [-0.15, -0.1) is 5.10 Å². The van der Waals surface area contributed by atoms with Crippen LogP contribution < -0.4 is 4.90 Å². The van der Waals surface area contributed by atoms with Crippen molar-refractivity contribution >= 4 is 29.2 Å². The average molecular weight is 475 g/mol. The number of piperazine rings is 1. The van der Waals surface area contributed by atoms with E-state index in [0.29, 0.717) is 48.5 Å². The van der Waals surface area contributed by atoms with E-state index < -0.39 is 0 Å². The van der Waals surface area contributed by atoms with Gasteiger partial charge in [0.05, 0.1) is 5.69 Å². The van der Waals surface area contributed by atoms with E-state index in [4.69, 9.17) is 16.7 Å². The van der Waals surface area contributed by atoms with Crippen LogP contribution in [0.3, 0.4) is 0 Å². The number of halogens is 1. The maximum Gasteiger partial charge on any atom is 0.254 e. The predicted molar refractivity (Wildman–Crippen MR) is 134 cm³/mol. The molecule has 0 saturated carbocycles. The summed E-state index contributed by atoms with van der Waals surface area (Å²) in [5, 5.41) is 5.40. The second-order valence-electron chi connectivity index (χ2n) is 9.57. The van der Waals surface area contributed by atoms with Crippen LogP contribution in [0.5, 0.6) is 0 Å². The first-order chi connectivity index (χ1) is 16.3. The van der Waals surface area contributed by atoms with Gasteiger partial charge in [0, 0.05) is 48.5 Å². The van der Waals surface area contributed by atoms with Gasteiger partial charge >= 0.3 is 0 Å². The molecule has 1 aliphatic rings. The quantitative estimate of drug-likeness (QED) is 0.430. The van der Waals surface area contributed by atoms with Crippen molar-refractivity contribution in [1.29, 1.82) is 0 Å². The zero-order valence-corrected chi connectivity index (χ0v) is 20.3. The minimum atomic E-state index is 0.0157. The molecule has 3 heterocycles. The van der Waals surface area contributed by atoms with Crippen molar-refractivity contribution in [2.75, 3.05) is 31.1 Å². The molecule has 4 aromatic rings. The second-order valence-corrected chi connectivity index (χ2v) is 10.0. The zero-order chi connectivity index (χ0) is 23.9. The van der Waals surface area contributed by atoms with Crippen molar-refractivity contribution in [3.05, 3.63) is 76.9 Å². The van der Waals surface area contributed by atoms with E-state index in [2.05, 4.69) is 59.9 Å². The molecule has 2 aromatic carbocycles. The van der Waals surface area contributed by atoms with Crippen LogP contribution in [0.2, 0.25) is 5.02 Å². The molecule has 1 amide bonds. The number of benzene rings is 2. The minimum absolute atomic E-state index is 0.0157. The van der Waals surface area contributed by atoms with Gasteiger partial charge < -0.3 is 9.80 Å². The van der Waals surface area contributed by atoms with Crippen molar-refractivity contribution in [2.45, 2.75) is 26.2 Å². The Morgan fingerprint density at radius 1 is 0.912 bits per heavy atom. The molecule has 2 aromatic heterocycles. The molecule has 1 saturated heterocycles. The lowest BCUT2D eigenvalue weighted by atomic mass is 9.86. The fraction of sp³-hybridized carbons (Fsp3) is 0.308. The SMILES string of the molecule is CC(C)(C)c1ccc(-c2ccnc3nc(N4CCN(C(=O)c5ccc(Cl)cc5)CC4)nn23)cc1. The zero-order valence-electron chi connectivity index (χ0n) is 19.6. The summed E-state index contributed by atoms with van der Waals surface area (Å²) in [6.07, 6.45) is 1.77. The summed E-state index contributed by atoms with van der Waals surface area (Å²) in [5.74, 6) is 1.21. The lowest BCUT2D eigenvalue weighted by Crippen LogP contribution is -2.49. The van der Waals surface area contributed by atoms with Crippen molar-refractivity contribution in [2.24, 2.45) is 0 Å². The molecule has 5 rings (SSSR count). The van der Waals surface area contributed by atoms with E-state index >= 15 is 0 Å². The van der Waals surface area contributed by atoms with Crippen LogP contribution in [-0.2, 0) is 5.41 Å². The summed E-state index contributed by atoms with van der Waals surface area (Å²) in [6.45, 7) is 9.14. The van der Waals surface area contributed by atoms with Crippen molar-refractivity contribution in [3.63, 3.8) is 0 Å². The number of carbonyl (C=O) groups excluding carboxylic acids is 1. The lowest BCUT2D eigenvalue weighted by molar-refractivity contribution is 0.0746. The number of amides is 1. The van der Waals surface area contributed by atoms with Crippen LogP contribution in [0.4, 0.5) is 5.95 Å². The molecule has 174 valence electrons. The molecule has 1 aliphatic heterocycles. The number of nitrogens with zero attached hydrogens (tertiary/aromatic N) is 6. The topological polar surface area (TPSA) is 66.6 Å². The first kappa shape index (κ1) is 22.3. The summed E-state index contributed by atoms with van der Waals surface area (Å²) in [7, 11) is 0. The fourth-order valence-electron chi connectivity index (χ4n) is 4.16. The molecule has 1 fully saturated rings. The third-order valence-corrected chi connectivity index (χ3v) is 6.47. The van der Waals surface area contributed by atoms with E-state index in [9.17, 15) is 4.79 Å². The van der Waals surface area contributed by atoms with Crippen LogP contribution >= 0.6 is 11.6 Å². The Kier molecular flexibility index (Phi) is 5.73. The fourth-order valence-corrected chi connectivity index (χ4v) is 4.29. The highest BCUT2D eigenvalue weighted by molar-refractivity contribution is 6.30. The predicted octanol–water partition coefficient (Wildman–Crippen LogP) is 4.70. The highest BCUT2D eigenvalue weighted by atomic mass is 35.5. The summed E-state index contributed by atoms with van der Waals surface area (Å²) in [4.78, 5) is 25.8. The van der Waals surface area contributed by atoms with E-state index in [1.807, 2.05) is 11.0 Å². The maximum absolute atomic E-state index is 12.8. The minimum Gasteiger partial charge on any atom is -0.336 e. The maximum atomic E-state index is 12.8. The third-order valence-electron chi connectivity index (χ3n) is 6.22. The highest BCUT2D eigenvalue weighted by Crippen LogP contribution is 2.26.